The van der Waals surface area contributed by atoms with E-state index in [4.69, 9.17) is 10.2 Å². The van der Waals surface area contributed by atoms with Crippen LogP contribution in [0.25, 0.3) is 21.5 Å². The second-order valence-corrected chi connectivity index (χ2v) is 5.17. The summed E-state index contributed by atoms with van der Waals surface area (Å²) in [5.74, 6) is 0. The Morgan fingerprint density at radius 2 is 2.25 bits per heavy atom. The number of nitrogens with zero attached hydrogens (tertiary/aromatic N) is 3. The number of aryl methyl sites for hydroxylation is 1. The highest BCUT2D eigenvalue weighted by molar-refractivity contribution is 7.18. The van der Waals surface area contributed by atoms with Crippen molar-refractivity contribution in [2.24, 2.45) is 0 Å². The Morgan fingerprint density at radius 1 is 1.45 bits per heavy atom. The largest absolute Gasteiger partial charge is 0.420 e. The molecule has 0 radical (unpaired) electrons. The van der Waals surface area contributed by atoms with Gasteiger partial charge in [-0.15, -0.1) is 10.2 Å². The lowest BCUT2D eigenvalue weighted by Gasteiger charge is -2.05. The first-order valence-corrected chi connectivity index (χ1v) is 6.54. The molecule has 3 heterocycles. The molecule has 3 rings (SSSR count). The molecule has 0 aromatic carbocycles. The van der Waals surface area contributed by atoms with Gasteiger partial charge in [0.15, 0.2) is 10.6 Å². The Morgan fingerprint density at radius 3 is 2.90 bits per heavy atom. The lowest BCUT2D eigenvalue weighted by atomic mass is 10.1. The third kappa shape index (κ3) is 1.95. The zero-order valence-corrected chi connectivity index (χ0v) is 11.3. The number of hydrogen-bond donors (Lipinski definition) is 2. The predicted octanol–water partition coefficient (Wildman–Crippen LogP) is 1.09. The lowest BCUT2D eigenvalue weighted by Crippen LogP contribution is -2.05. The molecule has 0 saturated heterocycles. The van der Waals surface area contributed by atoms with Crippen LogP contribution >= 0.6 is 11.3 Å². The van der Waals surface area contributed by atoms with Crippen LogP contribution in [0.3, 0.4) is 0 Å². The smallest absolute Gasteiger partial charge is 0.346 e. The fourth-order valence-corrected chi connectivity index (χ4v) is 2.51. The van der Waals surface area contributed by atoms with Crippen LogP contribution in [-0.4, -0.2) is 20.3 Å². The molecule has 0 aliphatic rings. The van der Waals surface area contributed by atoms with Crippen molar-refractivity contribution < 1.29 is 9.52 Å². The van der Waals surface area contributed by atoms with Crippen molar-refractivity contribution in [3.8, 4) is 10.6 Å². The topological polar surface area (TPSA) is 115 Å². The Balaban J connectivity index is 2.35. The van der Waals surface area contributed by atoms with E-state index in [1.165, 1.54) is 0 Å². The van der Waals surface area contributed by atoms with Crippen LogP contribution in [-0.2, 0) is 6.61 Å². The molecule has 0 aliphatic carbocycles. The summed E-state index contributed by atoms with van der Waals surface area (Å²) in [5.41, 5.74) is 6.78. The summed E-state index contributed by atoms with van der Waals surface area (Å²) >= 11 is 1.10. The van der Waals surface area contributed by atoms with Crippen LogP contribution < -0.4 is 11.4 Å². The fraction of sp³-hybridized carbons (Fsp3) is 0.167. The van der Waals surface area contributed by atoms with Gasteiger partial charge in [-0.1, -0.05) is 11.3 Å². The van der Waals surface area contributed by atoms with E-state index < -0.39 is 5.63 Å². The normalized spacial score (nSPS) is 11.1. The quantitative estimate of drug-likeness (QED) is 0.725. The number of rotatable bonds is 2. The van der Waals surface area contributed by atoms with Gasteiger partial charge in [-0.25, -0.2) is 4.79 Å². The number of hydrogen-bond acceptors (Lipinski definition) is 8. The van der Waals surface area contributed by atoms with Gasteiger partial charge < -0.3 is 15.3 Å². The number of nitrogen functional groups attached to an aromatic ring is 1. The maximum Gasteiger partial charge on any atom is 0.346 e. The van der Waals surface area contributed by atoms with E-state index in [2.05, 4.69) is 15.2 Å². The molecular weight excluding hydrogens is 280 g/mol. The summed E-state index contributed by atoms with van der Waals surface area (Å²) in [7, 11) is 0. The minimum absolute atomic E-state index is 0.199. The van der Waals surface area contributed by atoms with Gasteiger partial charge in [-0.05, 0) is 13.0 Å². The van der Waals surface area contributed by atoms with Crippen molar-refractivity contribution in [3.05, 3.63) is 33.9 Å². The van der Waals surface area contributed by atoms with Gasteiger partial charge in [0.2, 0.25) is 5.13 Å². The van der Waals surface area contributed by atoms with Crippen LogP contribution in [0, 0.1) is 6.92 Å². The van der Waals surface area contributed by atoms with Gasteiger partial charge in [0.05, 0.1) is 17.9 Å². The molecule has 0 aliphatic heterocycles. The monoisotopic (exact) mass is 290 g/mol. The summed E-state index contributed by atoms with van der Waals surface area (Å²) in [5, 5.41) is 18.2. The average Bonchev–Trinajstić information content (AvgIpc) is 2.86. The zero-order chi connectivity index (χ0) is 14.3. The first kappa shape index (κ1) is 12.7. The van der Waals surface area contributed by atoms with Gasteiger partial charge in [0.1, 0.15) is 0 Å². The molecule has 0 spiro atoms. The Hall–Kier alpha value is -2.32. The van der Waals surface area contributed by atoms with E-state index in [-0.39, 0.29) is 17.3 Å². The molecule has 0 saturated carbocycles. The van der Waals surface area contributed by atoms with Gasteiger partial charge >= 0.3 is 5.63 Å². The first-order chi connectivity index (χ1) is 9.60. The summed E-state index contributed by atoms with van der Waals surface area (Å²) < 4.78 is 5.30. The molecule has 7 nitrogen and oxygen atoms in total. The third-order valence-corrected chi connectivity index (χ3v) is 3.66. The van der Waals surface area contributed by atoms with Crippen molar-refractivity contribution in [2.75, 3.05) is 5.73 Å². The van der Waals surface area contributed by atoms with E-state index in [1.54, 1.807) is 19.2 Å². The first-order valence-electron chi connectivity index (χ1n) is 5.72. The van der Waals surface area contributed by atoms with Crippen molar-refractivity contribution >= 4 is 27.4 Å². The average molecular weight is 290 g/mol. The van der Waals surface area contributed by atoms with Crippen LogP contribution in [0.15, 0.2) is 21.5 Å². The van der Waals surface area contributed by atoms with Crippen LogP contribution in [0.5, 0.6) is 0 Å². The maximum atomic E-state index is 12.0. The molecular formula is C12H10N4O3S. The van der Waals surface area contributed by atoms with Crippen molar-refractivity contribution in [3.63, 3.8) is 0 Å². The van der Waals surface area contributed by atoms with Crippen molar-refractivity contribution in [1.29, 1.82) is 0 Å². The second-order valence-electron chi connectivity index (χ2n) is 4.16. The van der Waals surface area contributed by atoms with E-state index in [9.17, 15) is 9.90 Å². The molecule has 0 bridgehead atoms. The summed E-state index contributed by atoms with van der Waals surface area (Å²) in [6.07, 6.45) is 1.55. The van der Waals surface area contributed by atoms with E-state index in [0.717, 1.165) is 11.3 Å². The number of pyridine rings is 1. The summed E-state index contributed by atoms with van der Waals surface area (Å²) in [6, 6.07) is 1.63. The summed E-state index contributed by atoms with van der Waals surface area (Å²) in [6.45, 7) is 1.53. The minimum atomic E-state index is -0.534. The fourth-order valence-electron chi connectivity index (χ4n) is 1.90. The third-order valence-electron chi connectivity index (χ3n) is 2.88. The number of fused-ring (bicyclic) bond motifs is 1. The number of nitrogens with two attached hydrogens (primary N) is 1. The highest BCUT2D eigenvalue weighted by atomic mass is 32.1. The maximum absolute atomic E-state index is 12.0. The van der Waals surface area contributed by atoms with Gasteiger partial charge in [-0.2, -0.15) is 0 Å². The molecule has 20 heavy (non-hydrogen) atoms. The Labute approximate surface area is 116 Å². The molecule has 3 N–H and O–H groups in total. The molecule has 102 valence electrons. The molecule has 0 amide bonds. The van der Waals surface area contributed by atoms with E-state index in [1.807, 2.05) is 0 Å². The minimum Gasteiger partial charge on any atom is -0.420 e. The zero-order valence-electron chi connectivity index (χ0n) is 10.5. The van der Waals surface area contributed by atoms with Crippen LogP contribution in [0.4, 0.5) is 5.13 Å². The van der Waals surface area contributed by atoms with Crippen molar-refractivity contribution in [2.45, 2.75) is 13.5 Å². The number of aliphatic hydroxyl groups excluding tert-OH is 1. The predicted molar refractivity (Wildman–Crippen MR) is 74.3 cm³/mol. The molecule has 3 aromatic heterocycles. The van der Waals surface area contributed by atoms with E-state index in [0.29, 0.717) is 27.2 Å². The molecule has 0 unspecified atom stereocenters. The van der Waals surface area contributed by atoms with Crippen LogP contribution in [0.2, 0.25) is 0 Å². The standard InChI is InChI=1S/C12H10N4O3S/c1-5-9-7(6(4-17)3-14-5)2-8(11(18)19-9)10-15-16-12(13)20-10/h2-3,17H,4H2,1H3,(H2,13,16). The van der Waals surface area contributed by atoms with Gasteiger partial charge in [0, 0.05) is 17.1 Å². The molecule has 3 aromatic rings. The van der Waals surface area contributed by atoms with Gasteiger partial charge in [0.25, 0.3) is 0 Å². The number of aromatic nitrogens is 3. The second kappa shape index (κ2) is 4.66. The lowest BCUT2D eigenvalue weighted by molar-refractivity contribution is 0.282. The summed E-state index contributed by atoms with van der Waals surface area (Å²) in [4.78, 5) is 16.1. The van der Waals surface area contributed by atoms with Crippen molar-refractivity contribution in [1.82, 2.24) is 15.2 Å². The molecule has 8 heteroatoms. The SMILES string of the molecule is Cc1ncc(CO)c2cc(-c3nnc(N)s3)c(=O)oc12. The van der Waals surface area contributed by atoms with E-state index >= 15 is 0 Å². The van der Waals surface area contributed by atoms with Gasteiger partial charge in [-0.3, -0.25) is 4.98 Å². The number of aliphatic hydroxyl groups is 1. The molecule has 0 atom stereocenters. The highest BCUT2D eigenvalue weighted by Crippen LogP contribution is 2.27. The molecule has 0 fully saturated rings. The Bertz CT molecular complexity index is 856. The van der Waals surface area contributed by atoms with Crippen LogP contribution in [0.1, 0.15) is 11.3 Å². The number of anilines is 1. The Kier molecular flexibility index (Phi) is 2.96. The highest BCUT2D eigenvalue weighted by Gasteiger charge is 2.15.